The van der Waals surface area contributed by atoms with Crippen LogP contribution in [0.15, 0.2) is 76.5 Å². The molecule has 3 rings (SSSR count). The minimum Gasteiger partial charge on any atom is -0.507 e. The van der Waals surface area contributed by atoms with Gasteiger partial charge in [-0.25, -0.2) is 13.2 Å². The van der Waals surface area contributed by atoms with Crippen LogP contribution in [0.5, 0.6) is 5.75 Å². The van der Waals surface area contributed by atoms with Crippen molar-refractivity contribution in [3.05, 3.63) is 88.4 Å². The van der Waals surface area contributed by atoms with E-state index in [4.69, 9.17) is 16.3 Å². The van der Waals surface area contributed by atoms with Crippen molar-refractivity contribution >= 4 is 27.4 Å². The maximum Gasteiger partial charge on any atom is 0.341 e. The second-order valence-corrected chi connectivity index (χ2v) is 10.3. The summed E-state index contributed by atoms with van der Waals surface area (Å²) in [4.78, 5) is 12.0. The van der Waals surface area contributed by atoms with Gasteiger partial charge in [0.25, 0.3) is 0 Å². The number of aromatic hydroxyl groups is 1. The summed E-state index contributed by atoms with van der Waals surface area (Å²) >= 11 is 5.95. The van der Waals surface area contributed by atoms with Crippen molar-refractivity contribution in [1.82, 2.24) is 5.32 Å². The summed E-state index contributed by atoms with van der Waals surface area (Å²) in [5.41, 5.74) is 1.53. The smallest absolute Gasteiger partial charge is 0.341 e. The molecule has 9 heteroatoms. The number of carbonyl (C=O) groups is 1. The van der Waals surface area contributed by atoms with E-state index in [1.165, 1.54) is 24.3 Å². The second kappa shape index (κ2) is 12.2. The summed E-state index contributed by atoms with van der Waals surface area (Å²) in [5.74, 6) is -1.13. The Morgan fingerprint density at radius 3 is 2.46 bits per heavy atom. The monoisotopic (exact) mass is 517 g/mol. The van der Waals surface area contributed by atoms with Gasteiger partial charge in [-0.2, -0.15) is 0 Å². The number of benzene rings is 3. The molecular weight excluding hydrogens is 490 g/mol. The van der Waals surface area contributed by atoms with E-state index < -0.39 is 21.9 Å². The van der Waals surface area contributed by atoms with Gasteiger partial charge in [-0.15, -0.1) is 0 Å². The van der Waals surface area contributed by atoms with Crippen LogP contribution >= 0.6 is 11.6 Å². The van der Waals surface area contributed by atoms with Gasteiger partial charge in [-0.05, 0) is 79.9 Å². The molecule has 0 aromatic heterocycles. The van der Waals surface area contributed by atoms with Gasteiger partial charge in [-0.3, -0.25) is 0 Å². The van der Waals surface area contributed by atoms with Crippen LogP contribution in [0.25, 0.3) is 0 Å². The first kappa shape index (κ1) is 26.7. The lowest BCUT2D eigenvalue weighted by Gasteiger charge is -2.12. The molecule has 3 aromatic rings. The number of nitrogens with one attached hydrogen (secondary N) is 1. The minimum atomic E-state index is -3.88. The van der Waals surface area contributed by atoms with Gasteiger partial charge in [0.1, 0.15) is 11.3 Å². The minimum absolute atomic E-state index is 0.0875. The molecule has 0 saturated heterocycles. The largest absolute Gasteiger partial charge is 0.507 e. The molecule has 0 aliphatic rings. The average Bonchev–Trinajstić information content (AvgIpc) is 2.84. The van der Waals surface area contributed by atoms with E-state index in [2.05, 4.69) is 5.32 Å². The van der Waals surface area contributed by atoms with Crippen molar-refractivity contribution in [2.75, 3.05) is 19.7 Å². The van der Waals surface area contributed by atoms with E-state index in [0.29, 0.717) is 18.1 Å². The summed E-state index contributed by atoms with van der Waals surface area (Å²) in [6.45, 7) is 2.81. The van der Waals surface area contributed by atoms with E-state index in [1.807, 2.05) is 6.07 Å². The molecule has 7 nitrogen and oxygen atoms in total. The SMILES string of the molecule is CCOC(=O)c1cc(S(=O)(=O)c2ccc(CCCNC[C@@H](O)c3cccc(Cl)c3)cc2)ccc1O. The third-order valence-electron chi connectivity index (χ3n) is 5.40. The molecule has 0 spiro atoms. The Balaban J connectivity index is 1.55. The van der Waals surface area contributed by atoms with Crippen LogP contribution in [-0.2, 0) is 21.0 Å². The van der Waals surface area contributed by atoms with E-state index in [9.17, 15) is 23.4 Å². The first-order valence-electron chi connectivity index (χ1n) is 11.2. The van der Waals surface area contributed by atoms with Gasteiger partial charge in [0.2, 0.25) is 9.84 Å². The molecule has 0 heterocycles. The lowest BCUT2D eigenvalue weighted by molar-refractivity contribution is 0.0522. The first-order chi connectivity index (χ1) is 16.7. The quantitative estimate of drug-likeness (QED) is 0.256. The highest BCUT2D eigenvalue weighted by Gasteiger charge is 2.22. The number of sulfone groups is 1. The Morgan fingerprint density at radius 1 is 1.06 bits per heavy atom. The number of ether oxygens (including phenoxy) is 1. The van der Waals surface area contributed by atoms with Crippen molar-refractivity contribution in [1.29, 1.82) is 0 Å². The van der Waals surface area contributed by atoms with Crippen molar-refractivity contribution in [3.8, 4) is 5.75 Å². The predicted octanol–water partition coefficient (Wildman–Crippen LogP) is 4.31. The number of hydrogen-bond donors (Lipinski definition) is 3. The lowest BCUT2D eigenvalue weighted by Crippen LogP contribution is -2.22. The van der Waals surface area contributed by atoms with Crippen molar-refractivity contribution in [2.24, 2.45) is 0 Å². The summed E-state index contributed by atoms with van der Waals surface area (Å²) < 4.78 is 30.9. The van der Waals surface area contributed by atoms with Crippen LogP contribution in [-0.4, -0.2) is 44.3 Å². The van der Waals surface area contributed by atoms with Crippen LogP contribution in [0.1, 0.15) is 40.9 Å². The Labute approximate surface area is 210 Å². The van der Waals surface area contributed by atoms with E-state index in [-0.39, 0.29) is 27.7 Å². The summed E-state index contributed by atoms with van der Waals surface area (Å²) in [6, 6.07) is 17.2. The molecular formula is C26H28ClNO6S. The third-order valence-corrected chi connectivity index (χ3v) is 7.40. The Kier molecular flexibility index (Phi) is 9.28. The number of phenols is 1. The molecule has 0 bridgehead atoms. The van der Waals surface area contributed by atoms with Gasteiger partial charge in [0.15, 0.2) is 0 Å². The zero-order valence-corrected chi connectivity index (χ0v) is 20.8. The van der Waals surface area contributed by atoms with Crippen molar-refractivity contribution < 1.29 is 28.2 Å². The maximum absolute atomic E-state index is 13.0. The van der Waals surface area contributed by atoms with Crippen LogP contribution in [0, 0.1) is 0 Å². The fourth-order valence-electron chi connectivity index (χ4n) is 3.51. The number of hydrogen-bond acceptors (Lipinski definition) is 7. The Morgan fingerprint density at radius 2 is 1.77 bits per heavy atom. The lowest BCUT2D eigenvalue weighted by atomic mass is 10.1. The number of esters is 1. The molecule has 0 amide bonds. The zero-order chi connectivity index (χ0) is 25.4. The highest BCUT2D eigenvalue weighted by Crippen LogP contribution is 2.27. The fraction of sp³-hybridized carbons (Fsp3) is 0.269. The molecule has 0 aliphatic carbocycles. The molecule has 0 aliphatic heterocycles. The summed E-state index contributed by atoms with van der Waals surface area (Å²) in [5, 5.41) is 23.9. The molecule has 0 radical (unpaired) electrons. The number of halogens is 1. The van der Waals surface area contributed by atoms with Gasteiger partial charge >= 0.3 is 5.97 Å². The third kappa shape index (κ3) is 7.05. The van der Waals surface area contributed by atoms with Crippen LogP contribution in [0.2, 0.25) is 5.02 Å². The van der Waals surface area contributed by atoms with Crippen LogP contribution in [0.4, 0.5) is 0 Å². The molecule has 186 valence electrons. The highest BCUT2D eigenvalue weighted by molar-refractivity contribution is 7.91. The Hall–Kier alpha value is -2.91. The van der Waals surface area contributed by atoms with Gasteiger partial charge in [0.05, 0.1) is 22.5 Å². The number of aliphatic hydroxyl groups is 1. The molecule has 0 fully saturated rings. The number of aliphatic hydroxyl groups excluding tert-OH is 1. The topological polar surface area (TPSA) is 113 Å². The van der Waals surface area contributed by atoms with E-state index in [1.54, 1.807) is 37.3 Å². The highest BCUT2D eigenvalue weighted by atomic mass is 35.5. The first-order valence-corrected chi connectivity index (χ1v) is 13.1. The van der Waals surface area contributed by atoms with Gasteiger partial charge in [-0.1, -0.05) is 35.9 Å². The second-order valence-electron chi connectivity index (χ2n) is 7.93. The summed E-state index contributed by atoms with van der Waals surface area (Å²) in [6.07, 6.45) is 0.879. The molecule has 35 heavy (non-hydrogen) atoms. The van der Waals surface area contributed by atoms with E-state index >= 15 is 0 Å². The van der Waals surface area contributed by atoms with Crippen LogP contribution in [0.3, 0.4) is 0 Å². The van der Waals surface area contributed by atoms with Gasteiger partial charge < -0.3 is 20.3 Å². The molecule has 0 saturated carbocycles. The molecule has 3 N–H and O–H groups in total. The number of aryl methyl sites for hydroxylation is 1. The van der Waals surface area contributed by atoms with E-state index in [0.717, 1.165) is 30.0 Å². The number of carbonyl (C=O) groups excluding carboxylic acids is 1. The molecule has 0 unspecified atom stereocenters. The molecule has 3 aromatic carbocycles. The molecule has 1 atom stereocenters. The average molecular weight is 518 g/mol. The number of rotatable bonds is 11. The summed E-state index contributed by atoms with van der Waals surface area (Å²) in [7, 11) is -3.88. The Bertz CT molecular complexity index is 1260. The van der Waals surface area contributed by atoms with Gasteiger partial charge in [0, 0.05) is 11.6 Å². The fourth-order valence-corrected chi connectivity index (χ4v) is 5.00. The maximum atomic E-state index is 13.0. The van der Waals surface area contributed by atoms with Crippen molar-refractivity contribution in [2.45, 2.75) is 35.7 Å². The zero-order valence-electron chi connectivity index (χ0n) is 19.3. The standard InChI is InChI=1S/C26H28ClNO6S/c1-2-34-26(31)23-16-22(12-13-24(23)29)35(32,33)21-10-8-18(9-11-21)5-4-14-28-17-25(30)19-6-3-7-20(27)15-19/h3,6-13,15-16,25,28-30H,2,4-5,14,17H2,1H3/t25-/m1/s1. The van der Waals surface area contributed by atoms with Crippen molar-refractivity contribution in [3.63, 3.8) is 0 Å². The number of phenolic OH excluding ortho intramolecular Hbond substituents is 1. The van der Waals surface area contributed by atoms with Crippen LogP contribution < -0.4 is 5.32 Å². The normalized spacial score (nSPS) is 12.3. The predicted molar refractivity (Wildman–Crippen MR) is 134 cm³/mol.